The highest BCUT2D eigenvalue weighted by atomic mass is 16.5. The second-order valence-corrected chi connectivity index (χ2v) is 5.80. The summed E-state index contributed by atoms with van der Waals surface area (Å²) in [5.41, 5.74) is 1.26. The van der Waals surface area contributed by atoms with Crippen LogP contribution in [0.1, 0.15) is 49.9 Å². The molecule has 0 saturated heterocycles. The number of hydrogen-bond acceptors (Lipinski definition) is 4. The van der Waals surface area contributed by atoms with Crippen molar-refractivity contribution in [1.29, 1.82) is 0 Å². The van der Waals surface area contributed by atoms with Crippen LogP contribution in [0.5, 0.6) is 11.6 Å². The van der Waals surface area contributed by atoms with Crippen molar-refractivity contribution in [1.82, 2.24) is 9.97 Å². The number of nitrogens with zero attached hydrogens (tertiary/aromatic N) is 2. The fourth-order valence-electron chi connectivity index (χ4n) is 2.21. The fourth-order valence-corrected chi connectivity index (χ4v) is 2.21. The second-order valence-electron chi connectivity index (χ2n) is 5.80. The van der Waals surface area contributed by atoms with Crippen LogP contribution in [0.3, 0.4) is 0 Å². The Hall–Kier alpha value is -2.10. The third kappa shape index (κ3) is 3.32. The minimum atomic E-state index is 0.480. The third-order valence-corrected chi connectivity index (χ3v) is 3.67. The number of nitrogens with one attached hydrogen (secondary N) is 1. The first-order valence-electron chi connectivity index (χ1n) is 7.50. The summed E-state index contributed by atoms with van der Waals surface area (Å²) >= 11 is 0. The normalized spacial score (nSPS) is 14.3. The van der Waals surface area contributed by atoms with Gasteiger partial charge in [-0.2, -0.15) is 4.98 Å². The quantitative estimate of drug-likeness (QED) is 0.888. The SMILES string of the molecule is CNc1cc(Oc2cccc(C(C)C)c2)nc(C2CC2)n1. The number of rotatable bonds is 5. The molecule has 0 bridgehead atoms. The zero-order chi connectivity index (χ0) is 14.8. The second kappa shape index (κ2) is 5.72. The molecule has 3 rings (SSSR count). The molecule has 0 atom stereocenters. The van der Waals surface area contributed by atoms with Gasteiger partial charge in [0.15, 0.2) is 0 Å². The molecular weight excluding hydrogens is 262 g/mol. The van der Waals surface area contributed by atoms with Crippen LogP contribution in [0, 0.1) is 0 Å². The van der Waals surface area contributed by atoms with E-state index in [4.69, 9.17) is 4.74 Å². The van der Waals surface area contributed by atoms with E-state index in [9.17, 15) is 0 Å². The lowest BCUT2D eigenvalue weighted by Gasteiger charge is -2.11. The molecule has 1 aromatic carbocycles. The maximum absolute atomic E-state index is 5.94. The van der Waals surface area contributed by atoms with Gasteiger partial charge in [0.05, 0.1) is 0 Å². The molecular formula is C17H21N3O. The van der Waals surface area contributed by atoms with Crippen LogP contribution in [0.15, 0.2) is 30.3 Å². The standard InChI is InChI=1S/C17H21N3O/c1-11(2)13-5-4-6-14(9-13)21-16-10-15(18-3)19-17(20-16)12-7-8-12/h4-6,9-12H,7-8H2,1-3H3,(H,18,19,20). The third-order valence-electron chi connectivity index (χ3n) is 3.67. The predicted molar refractivity (Wildman–Crippen MR) is 84.2 cm³/mol. The first kappa shape index (κ1) is 13.9. The molecule has 21 heavy (non-hydrogen) atoms. The molecule has 1 heterocycles. The number of hydrogen-bond donors (Lipinski definition) is 1. The van der Waals surface area contributed by atoms with Gasteiger partial charge in [0.25, 0.3) is 0 Å². The Morgan fingerprint density at radius 2 is 2.00 bits per heavy atom. The van der Waals surface area contributed by atoms with E-state index < -0.39 is 0 Å². The van der Waals surface area contributed by atoms with Gasteiger partial charge < -0.3 is 10.1 Å². The van der Waals surface area contributed by atoms with Gasteiger partial charge in [-0.1, -0.05) is 26.0 Å². The molecule has 110 valence electrons. The molecule has 1 fully saturated rings. The maximum Gasteiger partial charge on any atom is 0.224 e. The Labute approximate surface area is 125 Å². The molecule has 1 saturated carbocycles. The van der Waals surface area contributed by atoms with E-state index in [1.54, 1.807) is 0 Å². The molecule has 2 aromatic rings. The van der Waals surface area contributed by atoms with Crippen molar-refractivity contribution in [2.24, 2.45) is 0 Å². The first-order chi connectivity index (χ1) is 10.2. The van der Waals surface area contributed by atoms with Gasteiger partial charge in [0.2, 0.25) is 5.88 Å². The van der Waals surface area contributed by atoms with Crippen LogP contribution in [0.25, 0.3) is 0 Å². The molecule has 1 aliphatic rings. The maximum atomic E-state index is 5.94. The van der Waals surface area contributed by atoms with Crippen molar-refractivity contribution in [3.63, 3.8) is 0 Å². The van der Waals surface area contributed by atoms with Crippen molar-refractivity contribution in [3.8, 4) is 11.6 Å². The highest BCUT2D eigenvalue weighted by Crippen LogP contribution is 2.39. The van der Waals surface area contributed by atoms with Gasteiger partial charge in [-0.25, -0.2) is 4.98 Å². The molecule has 0 spiro atoms. The number of anilines is 1. The van der Waals surface area contributed by atoms with Gasteiger partial charge in [0.1, 0.15) is 17.4 Å². The van der Waals surface area contributed by atoms with E-state index in [0.717, 1.165) is 17.4 Å². The minimum absolute atomic E-state index is 0.480. The van der Waals surface area contributed by atoms with Crippen molar-refractivity contribution < 1.29 is 4.74 Å². The van der Waals surface area contributed by atoms with E-state index in [2.05, 4.69) is 41.3 Å². The fraction of sp³-hybridized carbons (Fsp3) is 0.412. The molecule has 0 unspecified atom stereocenters. The van der Waals surface area contributed by atoms with Crippen molar-refractivity contribution in [3.05, 3.63) is 41.7 Å². The summed E-state index contributed by atoms with van der Waals surface area (Å²) in [7, 11) is 1.86. The molecule has 0 aliphatic heterocycles. The Balaban J connectivity index is 1.86. The average molecular weight is 283 g/mol. The van der Waals surface area contributed by atoms with Crippen LogP contribution in [-0.4, -0.2) is 17.0 Å². The number of ether oxygens (including phenoxy) is 1. The molecule has 4 heteroatoms. The van der Waals surface area contributed by atoms with Crippen molar-refractivity contribution in [2.45, 2.75) is 38.5 Å². The van der Waals surface area contributed by atoms with E-state index in [1.165, 1.54) is 18.4 Å². The smallest absolute Gasteiger partial charge is 0.224 e. The van der Waals surface area contributed by atoms with Crippen LogP contribution in [0.2, 0.25) is 0 Å². The Bertz CT molecular complexity index is 636. The zero-order valence-electron chi connectivity index (χ0n) is 12.8. The monoisotopic (exact) mass is 283 g/mol. The topological polar surface area (TPSA) is 47.0 Å². The zero-order valence-corrected chi connectivity index (χ0v) is 12.8. The average Bonchev–Trinajstić information content (AvgIpc) is 3.31. The first-order valence-corrected chi connectivity index (χ1v) is 7.50. The van der Waals surface area contributed by atoms with Crippen LogP contribution in [0.4, 0.5) is 5.82 Å². The van der Waals surface area contributed by atoms with Gasteiger partial charge in [-0.15, -0.1) is 0 Å². The molecule has 1 aromatic heterocycles. The van der Waals surface area contributed by atoms with E-state index in [0.29, 0.717) is 17.7 Å². The summed E-state index contributed by atoms with van der Waals surface area (Å²) in [6.07, 6.45) is 2.35. The van der Waals surface area contributed by atoms with E-state index >= 15 is 0 Å². The summed E-state index contributed by atoms with van der Waals surface area (Å²) in [4.78, 5) is 9.04. The molecule has 0 amide bonds. The summed E-state index contributed by atoms with van der Waals surface area (Å²) < 4.78 is 5.94. The van der Waals surface area contributed by atoms with Crippen LogP contribution >= 0.6 is 0 Å². The summed E-state index contributed by atoms with van der Waals surface area (Å²) in [6, 6.07) is 10.0. The number of aromatic nitrogens is 2. The largest absolute Gasteiger partial charge is 0.439 e. The van der Waals surface area contributed by atoms with E-state index in [-0.39, 0.29) is 0 Å². The molecule has 1 aliphatic carbocycles. The molecule has 0 radical (unpaired) electrons. The van der Waals surface area contributed by atoms with Gasteiger partial charge >= 0.3 is 0 Å². The van der Waals surface area contributed by atoms with Crippen molar-refractivity contribution in [2.75, 3.05) is 12.4 Å². The van der Waals surface area contributed by atoms with Gasteiger partial charge in [-0.3, -0.25) is 0 Å². The molecule has 1 N–H and O–H groups in total. The predicted octanol–water partition coefficient (Wildman–Crippen LogP) is 4.31. The Kier molecular flexibility index (Phi) is 3.78. The van der Waals surface area contributed by atoms with Crippen LogP contribution < -0.4 is 10.1 Å². The summed E-state index contributed by atoms with van der Waals surface area (Å²) in [5.74, 6) is 4.11. The molecule has 4 nitrogen and oxygen atoms in total. The minimum Gasteiger partial charge on any atom is -0.439 e. The Morgan fingerprint density at radius 1 is 1.19 bits per heavy atom. The van der Waals surface area contributed by atoms with Gasteiger partial charge in [-0.05, 0) is 36.5 Å². The lowest BCUT2D eigenvalue weighted by atomic mass is 10.0. The van der Waals surface area contributed by atoms with Gasteiger partial charge in [0, 0.05) is 19.0 Å². The lowest BCUT2D eigenvalue weighted by molar-refractivity contribution is 0.458. The summed E-state index contributed by atoms with van der Waals surface area (Å²) in [6.45, 7) is 4.35. The highest BCUT2D eigenvalue weighted by molar-refractivity contribution is 5.41. The highest BCUT2D eigenvalue weighted by Gasteiger charge is 2.27. The number of benzene rings is 1. The van der Waals surface area contributed by atoms with Crippen molar-refractivity contribution >= 4 is 5.82 Å². The van der Waals surface area contributed by atoms with Crippen LogP contribution in [-0.2, 0) is 0 Å². The summed E-state index contributed by atoms with van der Waals surface area (Å²) in [5, 5.41) is 3.07. The van der Waals surface area contributed by atoms with E-state index in [1.807, 2.05) is 25.2 Å². The Morgan fingerprint density at radius 3 is 2.67 bits per heavy atom. The lowest BCUT2D eigenvalue weighted by Crippen LogP contribution is -2.01.